The second kappa shape index (κ2) is 9.36. The molecule has 0 radical (unpaired) electrons. The van der Waals surface area contributed by atoms with E-state index in [4.69, 9.17) is 18.9 Å². The number of aromatic nitrogens is 3. The van der Waals surface area contributed by atoms with Crippen LogP contribution in [0.5, 0.6) is 5.75 Å². The van der Waals surface area contributed by atoms with Gasteiger partial charge in [0.05, 0.1) is 36.9 Å². The molecule has 160 valence electrons. The summed E-state index contributed by atoms with van der Waals surface area (Å²) < 4.78 is 17.9. The lowest BCUT2D eigenvalue weighted by molar-refractivity contribution is 0.183. The maximum Gasteiger partial charge on any atom is 0.262 e. The lowest BCUT2D eigenvalue weighted by Crippen LogP contribution is -2.25. The van der Waals surface area contributed by atoms with E-state index in [1.54, 1.807) is 24.9 Å². The van der Waals surface area contributed by atoms with Crippen molar-refractivity contribution >= 4 is 22.7 Å². The van der Waals surface area contributed by atoms with Crippen LogP contribution in [0.3, 0.4) is 0 Å². The van der Waals surface area contributed by atoms with Crippen LogP contribution in [0, 0.1) is 6.92 Å². The van der Waals surface area contributed by atoms with E-state index in [0.717, 1.165) is 22.8 Å². The van der Waals surface area contributed by atoms with Gasteiger partial charge in [-0.25, -0.2) is 9.97 Å². The van der Waals surface area contributed by atoms with Crippen LogP contribution in [0.2, 0.25) is 0 Å². The van der Waals surface area contributed by atoms with Crippen molar-refractivity contribution in [2.75, 3.05) is 20.8 Å². The van der Waals surface area contributed by atoms with Crippen molar-refractivity contribution in [2.45, 2.75) is 24.4 Å². The van der Waals surface area contributed by atoms with Gasteiger partial charge in [-0.05, 0) is 43.3 Å². The molecule has 0 fully saturated rings. The normalized spacial score (nSPS) is 11.2. The number of nitrogens with zero attached hydrogens (tertiary/aromatic N) is 3. The van der Waals surface area contributed by atoms with E-state index < -0.39 is 0 Å². The van der Waals surface area contributed by atoms with Gasteiger partial charge in [-0.15, -0.1) is 0 Å². The molecule has 7 nitrogen and oxygen atoms in total. The van der Waals surface area contributed by atoms with Crippen molar-refractivity contribution in [1.29, 1.82) is 0 Å². The van der Waals surface area contributed by atoms with E-state index in [2.05, 4.69) is 4.98 Å². The number of hydrogen-bond donors (Lipinski definition) is 0. The van der Waals surface area contributed by atoms with Gasteiger partial charge in [0.2, 0.25) is 5.89 Å². The molecule has 31 heavy (non-hydrogen) atoms. The molecule has 0 saturated carbocycles. The maximum atomic E-state index is 13.0. The summed E-state index contributed by atoms with van der Waals surface area (Å²) in [6, 6.07) is 14.9. The average molecular weight is 438 g/mol. The monoisotopic (exact) mass is 437 g/mol. The highest BCUT2D eigenvalue weighted by molar-refractivity contribution is 7.98. The van der Waals surface area contributed by atoms with Gasteiger partial charge in [0.1, 0.15) is 11.5 Å². The van der Waals surface area contributed by atoms with Crippen molar-refractivity contribution in [1.82, 2.24) is 14.5 Å². The number of oxazole rings is 1. The Morgan fingerprint density at radius 2 is 1.84 bits per heavy atom. The van der Waals surface area contributed by atoms with Gasteiger partial charge >= 0.3 is 0 Å². The number of aryl methyl sites for hydroxylation is 1. The smallest absolute Gasteiger partial charge is 0.262 e. The van der Waals surface area contributed by atoms with Crippen LogP contribution in [-0.2, 0) is 17.0 Å². The van der Waals surface area contributed by atoms with Gasteiger partial charge in [-0.2, -0.15) is 0 Å². The number of ether oxygens (including phenoxy) is 2. The minimum Gasteiger partial charge on any atom is -0.497 e. The van der Waals surface area contributed by atoms with Gasteiger partial charge in [-0.3, -0.25) is 9.36 Å². The second-order valence-electron chi connectivity index (χ2n) is 6.90. The van der Waals surface area contributed by atoms with E-state index in [1.165, 1.54) is 11.8 Å². The molecule has 0 aliphatic rings. The summed E-state index contributed by atoms with van der Waals surface area (Å²) in [5.74, 6) is 2.60. The number of thioether (sulfide) groups is 1. The van der Waals surface area contributed by atoms with Crippen molar-refractivity contribution in [2.24, 2.45) is 0 Å². The molecule has 0 aliphatic carbocycles. The van der Waals surface area contributed by atoms with Crippen LogP contribution in [0.15, 0.2) is 62.9 Å². The fraction of sp³-hybridized carbons (Fsp3) is 0.261. The highest BCUT2D eigenvalue weighted by Crippen LogP contribution is 2.28. The lowest BCUT2D eigenvalue weighted by atomic mass is 10.2. The van der Waals surface area contributed by atoms with E-state index in [0.29, 0.717) is 40.9 Å². The van der Waals surface area contributed by atoms with E-state index in [1.807, 2.05) is 49.4 Å². The molecular formula is C23H23N3O4S. The Balaban J connectivity index is 1.61. The predicted molar refractivity (Wildman–Crippen MR) is 121 cm³/mol. The molecular weight excluding hydrogens is 414 g/mol. The molecule has 2 aromatic carbocycles. The van der Waals surface area contributed by atoms with Crippen molar-refractivity contribution in [3.05, 3.63) is 70.3 Å². The number of benzene rings is 2. The Bertz CT molecular complexity index is 1250. The van der Waals surface area contributed by atoms with E-state index in [-0.39, 0.29) is 5.56 Å². The standard InChI is InChI=1S/C23H23N3O4S/c1-15-20(24-21(30-15)16-8-10-17(29-3)11-9-16)14-31-23-25-19-7-5-4-6-18(19)22(27)26(23)12-13-28-2/h4-11H,12-14H2,1-3H3. The summed E-state index contributed by atoms with van der Waals surface area (Å²) in [5.41, 5.74) is 2.30. The predicted octanol–water partition coefficient (Wildman–Crippen LogP) is 4.31. The zero-order chi connectivity index (χ0) is 21.8. The molecule has 0 N–H and O–H groups in total. The Hall–Kier alpha value is -3.10. The highest BCUT2D eigenvalue weighted by atomic mass is 32.2. The lowest BCUT2D eigenvalue weighted by Gasteiger charge is -2.12. The van der Waals surface area contributed by atoms with Crippen molar-refractivity contribution in [3.63, 3.8) is 0 Å². The van der Waals surface area contributed by atoms with Crippen LogP contribution in [0.1, 0.15) is 11.5 Å². The maximum absolute atomic E-state index is 13.0. The molecule has 4 aromatic rings. The quantitative estimate of drug-likeness (QED) is 0.300. The summed E-state index contributed by atoms with van der Waals surface area (Å²) in [7, 11) is 3.25. The first-order valence-corrected chi connectivity index (χ1v) is 10.8. The van der Waals surface area contributed by atoms with Crippen LogP contribution in [-0.4, -0.2) is 35.4 Å². The van der Waals surface area contributed by atoms with Crippen LogP contribution in [0.4, 0.5) is 0 Å². The number of fused-ring (bicyclic) bond motifs is 1. The van der Waals surface area contributed by atoms with E-state index >= 15 is 0 Å². The molecule has 0 bridgehead atoms. The Morgan fingerprint density at radius 1 is 1.06 bits per heavy atom. The van der Waals surface area contributed by atoms with Gasteiger partial charge < -0.3 is 13.9 Å². The Kier molecular flexibility index (Phi) is 6.39. The molecule has 0 spiro atoms. The Labute approximate surface area is 184 Å². The molecule has 0 aliphatic heterocycles. The molecule has 2 heterocycles. The molecule has 0 atom stereocenters. The molecule has 2 aromatic heterocycles. The number of hydrogen-bond acceptors (Lipinski definition) is 7. The third-order valence-electron chi connectivity index (χ3n) is 4.91. The first kappa shape index (κ1) is 21.1. The van der Waals surface area contributed by atoms with Crippen LogP contribution < -0.4 is 10.3 Å². The SMILES string of the molecule is COCCn1c(SCc2nc(-c3ccc(OC)cc3)oc2C)nc2ccccc2c1=O. The number of rotatable bonds is 8. The summed E-state index contributed by atoms with van der Waals surface area (Å²) in [6.07, 6.45) is 0. The van der Waals surface area contributed by atoms with Crippen LogP contribution in [0.25, 0.3) is 22.4 Å². The molecule has 0 unspecified atom stereocenters. The molecule has 0 amide bonds. The van der Waals surface area contributed by atoms with Gasteiger partial charge in [0.25, 0.3) is 5.56 Å². The topological polar surface area (TPSA) is 79.4 Å². The van der Waals surface area contributed by atoms with Gasteiger partial charge in [0.15, 0.2) is 5.16 Å². The Morgan fingerprint density at radius 3 is 2.58 bits per heavy atom. The summed E-state index contributed by atoms with van der Waals surface area (Å²) in [6.45, 7) is 2.75. The third kappa shape index (κ3) is 4.50. The number of para-hydroxylation sites is 1. The zero-order valence-corrected chi connectivity index (χ0v) is 18.4. The highest BCUT2D eigenvalue weighted by Gasteiger charge is 2.15. The summed E-state index contributed by atoms with van der Waals surface area (Å²) in [4.78, 5) is 22.4. The third-order valence-corrected chi connectivity index (χ3v) is 5.90. The molecule has 8 heteroatoms. The van der Waals surface area contributed by atoms with Crippen molar-refractivity contribution in [3.8, 4) is 17.2 Å². The fourth-order valence-electron chi connectivity index (χ4n) is 3.19. The van der Waals surface area contributed by atoms with Crippen LogP contribution >= 0.6 is 11.8 Å². The second-order valence-corrected chi connectivity index (χ2v) is 7.84. The minimum absolute atomic E-state index is 0.0686. The molecule has 4 rings (SSSR count). The first-order chi connectivity index (χ1) is 15.1. The zero-order valence-electron chi connectivity index (χ0n) is 17.6. The van der Waals surface area contributed by atoms with Gasteiger partial charge in [0, 0.05) is 18.4 Å². The summed E-state index contributed by atoms with van der Waals surface area (Å²) >= 11 is 1.46. The minimum atomic E-state index is -0.0686. The fourth-order valence-corrected chi connectivity index (χ4v) is 4.22. The molecule has 0 saturated heterocycles. The average Bonchev–Trinajstić information content (AvgIpc) is 3.17. The summed E-state index contributed by atoms with van der Waals surface area (Å²) in [5, 5.41) is 1.23. The number of methoxy groups -OCH3 is 2. The largest absolute Gasteiger partial charge is 0.497 e. The van der Waals surface area contributed by atoms with Gasteiger partial charge in [-0.1, -0.05) is 23.9 Å². The van der Waals surface area contributed by atoms with Crippen molar-refractivity contribution < 1.29 is 13.9 Å². The first-order valence-electron chi connectivity index (χ1n) is 9.82. The van der Waals surface area contributed by atoms with E-state index in [9.17, 15) is 4.79 Å².